The van der Waals surface area contributed by atoms with Crippen LogP contribution in [0, 0.1) is 0 Å². The van der Waals surface area contributed by atoms with Crippen LogP contribution in [0.3, 0.4) is 0 Å². The molecular weight excluding hydrogens is 897 g/mol. The van der Waals surface area contributed by atoms with Gasteiger partial charge in [0.25, 0.3) is 0 Å². The lowest BCUT2D eigenvalue weighted by Crippen LogP contribution is -2.26. The Morgan fingerprint density at radius 2 is 0.797 bits per heavy atom. The zero-order valence-electron chi connectivity index (χ0n) is 40.4. The molecule has 0 radical (unpaired) electrons. The fraction of sp³-hybridized carbons (Fsp3) is 0.0141. The molecule has 1 unspecified atom stereocenters. The smallest absolute Gasteiger partial charge is 0.137 e. The molecule has 0 saturated heterocycles. The normalized spacial score (nSPS) is 14.0. The molecule has 3 nitrogen and oxygen atoms in total. The van der Waals surface area contributed by atoms with Gasteiger partial charge in [0.2, 0.25) is 0 Å². The second-order valence-corrected chi connectivity index (χ2v) is 19.5. The van der Waals surface area contributed by atoms with Gasteiger partial charge in [-0.1, -0.05) is 212 Å². The van der Waals surface area contributed by atoms with Gasteiger partial charge in [-0.3, -0.25) is 0 Å². The van der Waals surface area contributed by atoms with E-state index in [-0.39, 0.29) is 0 Å². The van der Waals surface area contributed by atoms with Crippen LogP contribution in [0.1, 0.15) is 22.3 Å². The number of benzene rings is 12. The van der Waals surface area contributed by atoms with Crippen molar-refractivity contribution in [3.8, 4) is 44.5 Å². The third-order valence-electron chi connectivity index (χ3n) is 15.6. The van der Waals surface area contributed by atoms with Gasteiger partial charge in [0.05, 0.1) is 27.9 Å². The highest BCUT2D eigenvalue weighted by Crippen LogP contribution is 2.64. The molecule has 0 bridgehead atoms. The summed E-state index contributed by atoms with van der Waals surface area (Å²) in [5.41, 5.74) is 22.3. The van der Waals surface area contributed by atoms with E-state index in [2.05, 4.69) is 289 Å². The second kappa shape index (κ2) is 16.7. The molecule has 3 heteroatoms. The number of furan rings is 1. The maximum atomic E-state index is 6.67. The van der Waals surface area contributed by atoms with Gasteiger partial charge in [-0.25, -0.2) is 0 Å². The van der Waals surface area contributed by atoms with E-state index in [1.165, 1.54) is 72.0 Å². The van der Waals surface area contributed by atoms with E-state index in [4.69, 9.17) is 4.42 Å². The Balaban J connectivity index is 1.02. The van der Waals surface area contributed by atoms with E-state index in [0.29, 0.717) is 0 Å². The number of hydrogen-bond acceptors (Lipinski definition) is 3. The van der Waals surface area contributed by atoms with Crippen LogP contribution >= 0.6 is 0 Å². The number of nitrogens with zero attached hydrogens (tertiary/aromatic N) is 2. The largest absolute Gasteiger partial charge is 0.456 e. The van der Waals surface area contributed by atoms with Gasteiger partial charge < -0.3 is 14.2 Å². The Hall–Kier alpha value is -9.70. The molecule has 1 atom stereocenters. The van der Waals surface area contributed by atoms with Crippen molar-refractivity contribution >= 4 is 66.8 Å². The first kappa shape index (κ1) is 42.0. The molecule has 0 saturated carbocycles. The molecule has 12 aromatic carbocycles. The lowest BCUT2D eigenvalue weighted by Gasteiger charge is -2.34. The van der Waals surface area contributed by atoms with Gasteiger partial charge in [-0.05, 0) is 133 Å². The SMILES string of the molecule is c1ccc(-c2ccccc2N(c2ccccc2)c2ccc3c(c2)C2(c4ccccc4-3)c3ccccc3-c3ccc(N(c4ccc5ccccc5c4-c4ccccc4)c4cccc5oc6ccccc6c45)cc32)cc1. The molecule has 15 rings (SSSR count). The van der Waals surface area contributed by atoms with Gasteiger partial charge in [-0.15, -0.1) is 0 Å². The molecule has 1 aromatic heterocycles. The van der Waals surface area contributed by atoms with Crippen LogP contribution in [0.25, 0.3) is 77.2 Å². The summed E-state index contributed by atoms with van der Waals surface area (Å²) in [6, 6.07) is 102. The zero-order chi connectivity index (χ0) is 48.7. The molecule has 13 aromatic rings. The highest BCUT2D eigenvalue weighted by Gasteiger charge is 2.52. The van der Waals surface area contributed by atoms with Crippen molar-refractivity contribution in [2.75, 3.05) is 9.80 Å². The standard InChI is InChI=1S/C71H46N2O/c1-4-21-47(22-5-1)53-28-14-18-35-64(53)72(50-26-8-3-9-27-50)51-40-42-57-55-30-12-16-33-60(55)71(62(57)45-51)61-34-17-13-31-56(61)58-43-41-52(46-63(58)71)73(65-36-20-38-68-70(65)59-32-15-19-37-67(59)74-68)66-44-39-48-23-10-11-29-54(48)69(66)49-24-6-2-7-25-49/h1-46H. The number of anilines is 6. The Morgan fingerprint density at radius 1 is 0.284 bits per heavy atom. The molecular formula is C71H46N2O. The van der Waals surface area contributed by atoms with Crippen molar-refractivity contribution in [2.45, 2.75) is 5.41 Å². The van der Waals surface area contributed by atoms with E-state index in [0.717, 1.165) is 61.6 Å². The summed E-state index contributed by atoms with van der Waals surface area (Å²) >= 11 is 0. The number of rotatable bonds is 8. The summed E-state index contributed by atoms with van der Waals surface area (Å²) in [5.74, 6) is 0. The molecule has 1 spiro atoms. The summed E-state index contributed by atoms with van der Waals surface area (Å²) in [5, 5.41) is 4.54. The van der Waals surface area contributed by atoms with Gasteiger partial charge in [0, 0.05) is 33.6 Å². The molecule has 2 aliphatic carbocycles. The third kappa shape index (κ3) is 6.20. The zero-order valence-corrected chi connectivity index (χ0v) is 40.4. The molecule has 0 amide bonds. The van der Waals surface area contributed by atoms with Crippen LogP contribution in [-0.2, 0) is 5.41 Å². The quantitative estimate of drug-likeness (QED) is 0.151. The van der Waals surface area contributed by atoms with Gasteiger partial charge in [0.1, 0.15) is 11.2 Å². The summed E-state index contributed by atoms with van der Waals surface area (Å²) in [7, 11) is 0. The van der Waals surface area contributed by atoms with Crippen LogP contribution in [0.5, 0.6) is 0 Å². The second-order valence-electron chi connectivity index (χ2n) is 19.5. The van der Waals surface area contributed by atoms with E-state index in [1.807, 2.05) is 0 Å². The number of hydrogen-bond donors (Lipinski definition) is 0. The minimum atomic E-state index is -0.656. The van der Waals surface area contributed by atoms with E-state index in [9.17, 15) is 0 Å². The summed E-state index contributed by atoms with van der Waals surface area (Å²) in [6.07, 6.45) is 0. The minimum absolute atomic E-state index is 0.656. The van der Waals surface area contributed by atoms with Crippen LogP contribution in [-0.4, -0.2) is 0 Å². The fourth-order valence-corrected chi connectivity index (χ4v) is 12.6. The van der Waals surface area contributed by atoms with Gasteiger partial charge in [0.15, 0.2) is 0 Å². The summed E-state index contributed by atoms with van der Waals surface area (Å²) in [6.45, 7) is 0. The first-order valence-corrected chi connectivity index (χ1v) is 25.5. The molecule has 0 aliphatic heterocycles. The minimum Gasteiger partial charge on any atom is -0.456 e. The third-order valence-corrected chi connectivity index (χ3v) is 15.6. The van der Waals surface area contributed by atoms with Crippen LogP contribution in [0.2, 0.25) is 0 Å². The van der Waals surface area contributed by atoms with E-state index in [1.54, 1.807) is 0 Å². The average molecular weight is 943 g/mol. The predicted octanol–water partition coefficient (Wildman–Crippen LogP) is 19.4. The number of fused-ring (bicyclic) bond motifs is 14. The van der Waals surface area contributed by atoms with E-state index >= 15 is 0 Å². The molecule has 2 aliphatic rings. The molecule has 0 N–H and O–H groups in total. The van der Waals surface area contributed by atoms with Crippen molar-refractivity contribution < 1.29 is 4.42 Å². The molecule has 74 heavy (non-hydrogen) atoms. The Kier molecular flexibility index (Phi) is 9.48. The lowest BCUT2D eigenvalue weighted by molar-refractivity contribution is 0.669. The van der Waals surface area contributed by atoms with Crippen molar-refractivity contribution in [3.63, 3.8) is 0 Å². The summed E-state index contributed by atoms with van der Waals surface area (Å²) < 4.78 is 6.67. The van der Waals surface area contributed by atoms with Gasteiger partial charge in [-0.2, -0.15) is 0 Å². The van der Waals surface area contributed by atoms with Crippen LogP contribution in [0.15, 0.2) is 283 Å². The predicted molar refractivity (Wildman–Crippen MR) is 308 cm³/mol. The highest BCUT2D eigenvalue weighted by molar-refractivity contribution is 6.15. The Bertz CT molecular complexity index is 4320. The maximum absolute atomic E-state index is 6.67. The Labute approximate surface area is 430 Å². The topological polar surface area (TPSA) is 19.6 Å². The van der Waals surface area contributed by atoms with Crippen LogP contribution in [0.4, 0.5) is 34.1 Å². The van der Waals surface area contributed by atoms with Crippen molar-refractivity contribution in [1.29, 1.82) is 0 Å². The molecule has 346 valence electrons. The fourth-order valence-electron chi connectivity index (χ4n) is 12.6. The average Bonchev–Trinajstić information content (AvgIpc) is 4.22. The summed E-state index contributed by atoms with van der Waals surface area (Å²) in [4.78, 5) is 4.95. The molecule has 0 fully saturated rings. The van der Waals surface area contributed by atoms with Crippen molar-refractivity contribution in [1.82, 2.24) is 0 Å². The first-order valence-electron chi connectivity index (χ1n) is 25.5. The van der Waals surface area contributed by atoms with Crippen molar-refractivity contribution in [2.24, 2.45) is 0 Å². The number of para-hydroxylation sites is 3. The monoisotopic (exact) mass is 942 g/mol. The Morgan fingerprint density at radius 3 is 1.50 bits per heavy atom. The maximum Gasteiger partial charge on any atom is 0.137 e. The van der Waals surface area contributed by atoms with Gasteiger partial charge >= 0.3 is 0 Å². The highest BCUT2D eigenvalue weighted by atomic mass is 16.3. The van der Waals surface area contributed by atoms with Crippen LogP contribution < -0.4 is 9.80 Å². The first-order chi connectivity index (χ1) is 36.7. The molecule has 1 heterocycles. The van der Waals surface area contributed by atoms with Crippen molar-refractivity contribution in [3.05, 3.63) is 301 Å². The van der Waals surface area contributed by atoms with E-state index < -0.39 is 5.41 Å². The lowest BCUT2D eigenvalue weighted by atomic mass is 9.70.